The lowest BCUT2D eigenvalue weighted by molar-refractivity contribution is 0.171. The van der Waals surface area contributed by atoms with Crippen LogP contribution >= 0.6 is 0 Å². The molecule has 96 heavy (non-hydrogen) atoms. The molecule has 12 aliphatic carbocycles. The third-order valence-corrected chi connectivity index (χ3v) is 19.6. The predicted molar refractivity (Wildman–Crippen MR) is 459 cm³/mol. The summed E-state index contributed by atoms with van der Waals surface area (Å²) in [5, 5.41) is 0. The van der Waals surface area contributed by atoms with Crippen molar-refractivity contribution in [1.29, 1.82) is 0 Å². The van der Waals surface area contributed by atoms with Crippen molar-refractivity contribution in [2.24, 2.45) is 33.7 Å². The van der Waals surface area contributed by atoms with E-state index in [4.69, 9.17) is 0 Å². The van der Waals surface area contributed by atoms with Crippen LogP contribution in [0.5, 0.6) is 0 Å². The van der Waals surface area contributed by atoms with Crippen LogP contribution in [0.15, 0.2) is 22.1 Å². The summed E-state index contributed by atoms with van der Waals surface area (Å²) in [7, 11) is 0. The Hall–Kier alpha value is -0.920. The molecule has 2 nitrogen and oxygen atoms in total. The van der Waals surface area contributed by atoms with E-state index in [2.05, 4.69) is 22.1 Å². The van der Waals surface area contributed by atoms with Gasteiger partial charge < -0.3 is 0 Å². The molecule has 0 saturated heterocycles. The fraction of sp³-hybridized carbons (Fsp3) is 0.957. The summed E-state index contributed by atoms with van der Waals surface area (Å²) in [6, 6.07) is 0. The van der Waals surface area contributed by atoms with Crippen LogP contribution in [0, 0.1) is 23.7 Å². The van der Waals surface area contributed by atoms with Gasteiger partial charge in [-0.25, -0.2) is 0 Å². The van der Waals surface area contributed by atoms with E-state index >= 15 is 0 Å². The highest BCUT2D eigenvalue weighted by Crippen LogP contribution is 2.42. The lowest BCUT2D eigenvalue weighted by Gasteiger charge is -2.35. The van der Waals surface area contributed by atoms with Gasteiger partial charge in [0.1, 0.15) is 0 Å². The zero-order valence-corrected chi connectivity index (χ0v) is 72.2. The van der Waals surface area contributed by atoms with Crippen molar-refractivity contribution < 1.29 is 0 Å². The molecule has 0 spiro atoms. The zero-order valence-electron chi connectivity index (χ0n) is 72.2. The summed E-state index contributed by atoms with van der Waals surface area (Å²) >= 11 is 0. The molecule has 14 rings (SSSR count). The molecule has 0 amide bonds. The van der Waals surface area contributed by atoms with Crippen LogP contribution in [0.4, 0.5) is 0 Å². The number of hydrogen-bond donors (Lipinski definition) is 0. The summed E-state index contributed by atoms with van der Waals surface area (Å²) in [4.78, 5) is 8.01. The van der Waals surface area contributed by atoms with E-state index in [0.717, 1.165) is 24.9 Å². The Morgan fingerprint density at radius 1 is 0.146 bits per heavy atom. The molecule has 11 saturated carbocycles. The van der Waals surface area contributed by atoms with Crippen molar-refractivity contribution in [1.82, 2.24) is 0 Å². The monoisotopic (exact) mass is 1360 g/mol. The smallest absolute Gasteiger partial charge is 0.0388 e. The molecule has 2 heteroatoms. The molecule has 2 atom stereocenters. The average molecular weight is 1360 g/mol. The second kappa shape index (κ2) is 118. The van der Waals surface area contributed by atoms with Gasteiger partial charge in [-0.15, -0.1) is 0 Å². The van der Waals surface area contributed by atoms with E-state index in [1.165, 1.54) is 371 Å². The molecule has 11 fully saturated rings. The number of aliphatic imine (C=N–C) groups is 2. The third kappa shape index (κ3) is 95.1. The summed E-state index contributed by atoms with van der Waals surface area (Å²) in [5.74, 6) is 4.64. The number of hydrogen-bond acceptors (Lipinski definition) is 2. The largest absolute Gasteiger partial charge is 0.298 e. The Bertz CT molecular complexity index is 987. The Balaban J connectivity index is -0.000000144. The van der Waals surface area contributed by atoms with Crippen LogP contribution in [0.2, 0.25) is 0 Å². The lowest BCUT2D eigenvalue weighted by Crippen LogP contribution is -2.22. The van der Waals surface area contributed by atoms with E-state index in [1.807, 2.05) is 151 Å². The van der Waals surface area contributed by atoms with Gasteiger partial charge in [0.2, 0.25) is 0 Å². The average Bonchev–Trinajstić information content (AvgIpc) is 3.04. The highest BCUT2D eigenvalue weighted by molar-refractivity contribution is 5.58. The minimum absolute atomic E-state index is 1.07. The molecule has 0 N–H and O–H groups in total. The summed E-state index contributed by atoms with van der Waals surface area (Å²) < 4.78 is 0. The molecular weight excluding hydrogens is 1160 g/mol. The molecule has 586 valence electrons. The van der Waals surface area contributed by atoms with Gasteiger partial charge in [-0.1, -0.05) is 504 Å². The minimum Gasteiger partial charge on any atom is -0.298 e. The van der Waals surface area contributed by atoms with E-state index in [-0.39, 0.29) is 0 Å². The van der Waals surface area contributed by atoms with Crippen LogP contribution < -0.4 is 0 Å². The molecule has 0 aromatic heterocycles. The minimum atomic E-state index is 1.07. The molecule has 14 aliphatic rings. The Morgan fingerprint density at radius 3 is 0.385 bits per heavy atom. The standard InChI is InChI=1S/C10H18.C9H16.C7H14.3C6H12.C6H10.C5H9N.3C5H10.C4H7N.10C2H6/c1-2-6-10-8-4-3-7-9(10)5-1;1-2-5-9-7-3-6-8(9)4-1;1-2-4-6-7-5-3-1;5*1-2-4-6-5-3-1;4*1-2-4-5-3-1;10*1-2/h9-10H,1-8H2;8-9H,1-7H2;1-7H2;3*1-6H2;1-2H,3-6H2;4H,1-3,5H2;3*1-5H2;3H,1-2,4H2;10*1-2H3. The summed E-state index contributed by atoms with van der Waals surface area (Å²) in [5.41, 5.74) is 0. The lowest BCUT2D eigenvalue weighted by atomic mass is 9.71. The first-order chi connectivity index (χ1) is 47.9. The van der Waals surface area contributed by atoms with Crippen molar-refractivity contribution in [3.63, 3.8) is 0 Å². The van der Waals surface area contributed by atoms with Gasteiger partial charge in [-0.05, 0) is 93.9 Å². The van der Waals surface area contributed by atoms with E-state index in [1.54, 1.807) is 51.4 Å². The summed E-state index contributed by atoms with van der Waals surface area (Å²) in [6.45, 7) is 42.1. The number of rotatable bonds is 0. The second-order valence-electron chi connectivity index (χ2n) is 26.5. The molecule has 0 radical (unpaired) electrons. The van der Waals surface area contributed by atoms with Gasteiger partial charge in [-0.3, -0.25) is 9.98 Å². The van der Waals surface area contributed by atoms with Crippen LogP contribution in [-0.2, 0) is 0 Å². The zero-order chi connectivity index (χ0) is 73.2. The second-order valence-corrected chi connectivity index (χ2v) is 26.5. The van der Waals surface area contributed by atoms with Gasteiger partial charge in [0.05, 0.1) is 0 Å². The first-order valence-electron chi connectivity index (χ1n) is 46.5. The van der Waals surface area contributed by atoms with E-state index in [0.29, 0.717) is 0 Å². The number of fused-ring (bicyclic) bond motifs is 2. The number of allylic oxidation sites excluding steroid dienone is 2. The molecule has 0 bridgehead atoms. The molecule has 2 aliphatic heterocycles. The molecule has 0 aromatic carbocycles. The van der Waals surface area contributed by atoms with E-state index < -0.39 is 0 Å². The fourth-order valence-corrected chi connectivity index (χ4v) is 14.5. The molecular formula is C94H200N2. The quantitative estimate of drug-likeness (QED) is 0.171. The van der Waals surface area contributed by atoms with Crippen LogP contribution in [0.1, 0.15) is 549 Å². The maximum Gasteiger partial charge on any atom is 0.0388 e. The first kappa shape index (κ1) is 111. The molecule has 2 unspecified atom stereocenters. The van der Waals surface area contributed by atoms with Gasteiger partial charge >= 0.3 is 0 Å². The van der Waals surface area contributed by atoms with Crippen molar-refractivity contribution in [2.75, 3.05) is 13.1 Å². The van der Waals surface area contributed by atoms with Crippen LogP contribution in [0.3, 0.4) is 0 Å². The molecule has 2 heterocycles. The van der Waals surface area contributed by atoms with Crippen molar-refractivity contribution in [2.45, 2.75) is 549 Å². The Labute approximate surface area is 617 Å². The first-order valence-corrected chi connectivity index (χ1v) is 46.5. The van der Waals surface area contributed by atoms with Crippen LogP contribution in [0.25, 0.3) is 0 Å². The van der Waals surface area contributed by atoms with Gasteiger partial charge in [0.15, 0.2) is 0 Å². The maximum absolute atomic E-state index is 4.05. The normalized spacial score (nSPS) is 22.6. The van der Waals surface area contributed by atoms with E-state index in [9.17, 15) is 0 Å². The maximum atomic E-state index is 4.05. The van der Waals surface area contributed by atoms with Crippen LogP contribution in [-0.4, -0.2) is 25.5 Å². The Morgan fingerprint density at radius 2 is 0.292 bits per heavy atom. The molecule has 0 aromatic rings. The third-order valence-electron chi connectivity index (χ3n) is 19.6. The van der Waals surface area contributed by atoms with Crippen molar-refractivity contribution in [3.05, 3.63) is 12.2 Å². The number of nitrogens with zero attached hydrogens (tertiary/aromatic N) is 2. The SMILES string of the molecule is C1=CCCCC1.C1=NCCC1.C1=NCCCC1.C1CCC2CCCC2C1.C1CCC2CCCCC2C1.C1CCCC1.C1CCCC1.C1CCCC1.C1CCCCC1.C1CCCCC1.C1CCCCC1.C1CCCCCC1.CC.CC.CC.CC.CC.CC.CC.CC.CC.CC. The van der Waals surface area contributed by atoms with Crippen molar-refractivity contribution >= 4 is 12.4 Å². The Kier molecular flexibility index (Phi) is 137. The van der Waals surface area contributed by atoms with Crippen molar-refractivity contribution in [3.8, 4) is 0 Å². The highest BCUT2D eigenvalue weighted by Gasteiger charge is 2.29. The van der Waals surface area contributed by atoms with Gasteiger partial charge in [0.25, 0.3) is 0 Å². The topological polar surface area (TPSA) is 24.7 Å². The van der Waals surface area contributed by atoms with Gasteiger partial charge in [0, 0.05) is 13.1 Å². The fourth-order valence-electron chi connectivity index (χ4n) is 14.5. The van der Waals surface area contributed by atoms with Gasteiger partial charge in [-0.2, -0.15) is 0 Å². The predicted octanol–water partition coefficient (Wildman–Crippen LogP) is 36.4. The highest BCUT2D eigenvalue weighted by atomic mass is 14.7. The summed E-state index contributed by atoms with van der Waals surface area (Å²) in [6.07, 6.45) is 104.